The SMILES string of the molecule is CC(=O)Nc1ccc(CC(=O)Nc2ccc(S(=O)(=O)NCc3ccccc3)cc2)cc1. The standard InChI is InChI=1S/C23H23N3O4S/c1-17(27)25-20-9-7-18(8-10-20)15-23(28)26-21-11-13-22(14-12-21)31(29,30)24-16-19-5-3-2-4-6-19/h2-14,24H,15-16H2,1H3,(H,25,27)(H,26,28). The highest BCUT2D eigenvalue weighted by atomic mass is 32.2. The number of amides is 2. The monoisotopic (exact) mass is 437 g/mol. The van der Waals surface area contributed by atoms with E-state index in [1.54, 1.807) is 36.4 Å². The van der Waals surface area contributed by atoms with Gasteiger partial charge in [-0.3, -0.25) is 9.59 Å². The molecule has 8 heteroatoms. The molecule has 0 radical (unpaired) electrons. The van der Waals surface area contributed by atoms with Gasteiger partial charge in [0.25, 0.3) is 0 Å². The molecule has 3 N–H and O–H groups in total. The summed E-state index contributed by atoms with van der Waals surface area (Å²) in [7, 11) is -3.66. The zero-order valence-corrected chi connectivity index (χ0v) is 17.8. The molecule has 31 heavy (non-hydrogen) atoms. The van der Waals surface area contributed by atoms with E-state index in [1.807, 2.05) is 30.3 Å². The third-order valence-electron chi connectivity index (χ3n) is 4.40. The molecule has 0 saturated carbocycles. The van der Waals surface area contributed by atoms with Crippen molar-refractivity contribution in [3.8, 4) is 0 Å². The van der Waals surface area contributed by atoms with Crippen LogP contribution in [-0.4, -0.2) is 20.2 Å². The van der Waals surface area contributed by atoms with Crippen molar-refractivity contribution < 1.29 is 18.0 Å². The smallest absolute Gasteiger partial charge is 0.240 e. The number of hydrogen-bond donors (Lipinski definition) is 3. The highest BCUT2D eigenvalue weighted by molar-refractivity contribution is 7.89. The maximum atomic E-state index is 12.4. The number of nitrogens with one attached hydrogen (secondary N) is 3. The van der Waals surface area contributed by atoms with Crippen LogP contribution in [-0.2, 0) is 32.6 Å². The zero-order valence-electron chi connectivity index (χ0n) is 17.0. The number of sulfonamides is 1. The Morgan fingerprint density at radius 3 is 1.94 bits per heavy atom. The molecule has 0 unspecified atom stereocenters. The predicted molar refractivity (Wildman–Crippen MR) is 120 cm³/mol. The van der Waals surface area contributed by atoms with Gasteiger partial charge in [-0.1, -0.05) is 42.5 Å². The first-order valence-corrected chi connectivity index (χ1v) is 11.1. The zero-order chi connectivity index (χ0) is 22.3. The first-order valence-electron chi connectivity index (χ1n) is 9.62. The molecule has 0 aliphatic rings. The van der Waals surface area contributed by atoms with Crippen molar-refractivity contribution in [3.05, 3.63) is 90.0 Å². The summed E-state index contributed by atoms with van der Waals surface area (Å²) in [5.41, 5.74) is 2.81. The van der Waals surface area contributed by atoms with Crippen LogP contribution in [0.3, 0.4) is 0 Å². The Morgan fingerprint density at radius 2 is 1.32 bits per heavy atom. The Balaban J connectivity index is 1.55. The van der Waals surface area contributed by atoms with Gasteiger partial charge in [0.05, 0.1) is 11.3 Å². The molecular formula is C23H23N3O4S. The topological polar surface area (TPSA) is 104 Å². The summed E-state index contributed by atoms with van der Waals surface area (Å²) in [5, 5.41) is 5.42. The maximum absolute atomic E-state index is 12.4. The second kappa shape index (κ2) is 10.0. The van der Waals surface area contributed by atoms with Gasteiger partial charge in [-0.15, -0.1) is 0 Å². The van der Waals surface area contributed by atoms with Crippen LogP contribution in [0.4, 0.5) is 11.4 Å². The lowest BCUT2D eigenvalue weighted by Crippen LogP contribution is -2.23. The highest BCUT2D eigenvalue weighted by Gasteiger charge is 2.14. The fraction of sp³-hybridized carbons (Fsp3) is 0.130. The van der Waals surface area contributed by atoms with Gasteiger partial charge < -0.3 is 10.6 Å². The summed E-state index contributed by atoms with van der Waals surface area (Å²) in [4.78, 5) is 23.4. The molecule has 0 aromatic heterocycles. The molecular weight excluding hydrogens is 414 g/mol. The average molecular weight is 438 g/mol. The lowest BCUT2D eigenvalue weighted by molar-refractivity contribution is -0.116. The minimum Gasteiger partial charge on any atom is -0.326 e. The van der Waals surface area contributed by atoms with Crippen LogP contribution < -0.4 is 15.4 Å². The van der Waals surface area contributed by atoms with Crippen LogP contribution in [0.15, 0.2) is 83.8 Å². The Kier molecular flexibility index (Phi) is 7.17. The van der Waals surface area contributed by atoms with E-state index in [4.69, 9.17) is 0 Å². The number of rotatable bonds is 8. The van der Waals surface area contributed by atoms with E-state index >= 15 is 0 Å². The van der Waals surface area contributed by atoms with Crippen LogP contribution in [0.25, 0.3) is 0 Å². The van der Waals surface area contributed by atoms with E-state index in [1.165, 1.54) is 19.1 Å². The van der Waals surface area contributed by atoms with Crippen LogP contribution >= 0.6 is 0 Å². The van der Waals surface area contributed by atoms with E-state index in [-0.39, 0.29) is 29.7 Å². The first-order chi connectivity index (χ1) is 14.8. The van der Waals surface area contributed by atoms with Gasteiger partial charge in [-0.25, -0.2) is 13.1 Å². The molecule has 3 aromatic rings. The molecule has 0 bridgehead atoms. The number of anilines is 2. The van der Waals surface area contributed by atoms with Crippen molar-refractivity contribution in [2.24, 2.45) is 0 Å². The van der Waals surface area contributed by atoms with Crippen LogP contribution in [0.2, 0.25) is 0 Å². The van der Waals surface area contributed by atoms with Crippen molar-refractivity contribution in [2.75, 3.05) is 10.6 Å². The average Bonchev–Trinajstić information content (AvgIpc) is 2.74. The third-order valence-corrected chi connectivity index (χ3v) is 5.81. The van der Waals surface area contributed by atoms with Crippen molar-refractivity contribution >= 4 is 33.2 Å². The van der Waals surface area contributed by atoms with Crippen LogP contribution in [0.5, 0.6) is 0 Å². The highest BCUT2D eigenvalue weighted by Crippen LogP contribution is 2.16. The molecule has 0 heterocycles. The quantitative estimate of drug-likeness (QED) is 0.503. The molecule has 160 valence electrons. The summed E-state index contributed by atoms with van der Waals surface area (Å²) >= 11 is 0. The van der Waals surface area contributed by atoms with Crippen LogP contribution in [0, 0.1) is 0 Å². The lowest BCUT2D eigenvalue weighted by atomic mass is 10.1. The van der Waals surface area contributed by atoms with Crippen molar-refractivity contribution in [1.82, 2.24) is 4.72 Å². The Labute approximate surface area is 181 Å². The first kappa shape index (κ1) is 22.2. The molecule has 3 rings (SSSR count). The Hall–Kier alpha value is -3.49. The van der Waals surface area contributed by atoms with Gasteiger partial charge in [0, 0.05) is 24.8 Å². The minimum atomic E-state index is -3.66. The predicted octanol–water partition coefficient (Wildman–Crippen LogP) is 3.30. The maximum Gasteiger partial charge on any atom is 0.240 e. The fourth-order valence-electron chi connectivity index (χ4n) is 2.87. The van der Waals surface area contributed by atoms with E-state index in [9.17, 15) is 18.0 Å². The van der Waals surface area contributed by atoms with Crippen molar-refractivity contribution in [2.45, 2.75) is 24.8 Å². The fourth-order valence-corrected chi connectivity index (χ4v) is 3.89. The van der Waals surface area contributed by atoms with Gasteiger partial charge in [-0.05, 0) is 47.5 Å². The molecule has 3 aromatic carbocycles. The molecule has 7 nitrogen and oxygen atoms in total. The number of carbonyl (C=O) groups is 2. The molecule has 0 aliphatic heterocycles. The molecule has 0 spiro atoms. The second-order valence-electron chi connectivity index (χ2n) is 6.94. The van der Waals surface area contributed by atoms with Gasteiger partial charge >= 0.3 is 0 Å². The number of benzene rings is 3. The summed E-state index contributed by atoms with van der Waals surface area (Å²) in [6.45, 7) is 1.62. The van der Waals surface area contributed by atoms with E-state index in [0.29, 0.717) is 11.4 Å². The Morgan fingerprint density at radius 1 is 0.742 bits per heavy atom. The van der Waals surface area contributed by atoms with Crippen LogP contribution in [0.1, 0.15) is 18.1 Å². The van der Waals surface area contributed by atoms with Gasteiger partial charge in [0.1, 0.15) is 0 Å². The summed E-state index contributed by atoms with van der Waals surface area (Å²) in [6.07, 6.45) is 0.152. The molecule has 0 aliphatic carbocycles. The van der Waals surface area contributed by atoms with E-state index in [0.717, 1.165) is 11.1 Å². The van der Waals surface area contributed by atoms with Gasteiger partial charge in [0.15, 0.2) is 0 Å². The largest absolute Gasteiger partial charge is 0.326 e. The van der Waals surface area contributed by atoms with Gasteiger partial charge in [-0.2, -0.15) is 0 Å². The summed E-state index contributed by atoms with van der Waals surface area (Å²) in [6, 6.07) is 22.2. The second-order valence-corrected chi connectivity index (χ2v) is 8.70. The molecule has 2 amide bonds. The van der Waals surface area contributed by atoms with Gasteiger partial charge in [0.2, 0.25) is 21.8 Å². The summed E-state index contributed by atoms with van der Waals surface area (Å²) < 4.78 is 27.5. The van der Waals surface area contributed by atoms with Crippen molar-refractivity contribution in [3.63, 3.8) is 0 Å². The lowest BCUT2D eigenvalue weighted by Gasteiger charge is -2.09. The molecule has 0 fully saturated rings. The number of hydrogen-bond acceptors (Lipinski definition) is 4. The van der Waals surface area contributed by atoms with Crippen molar-refractivity contribution in [1.29, 1.82) is 0 Å². The number of carbonyl (C=O) groups excluding carboxylic acids is 2. The van der Waals surface area contributed by atoms with E-state index < -0.39 is 10.0 Å². The van der Waals surface area contributed by atoms with E-state index in [2.05, 4.69) is 15.4 Å². The molecule has 0 atom stereocenters. The molecule has 0 saturated heterocycles. The Bertz CT molecular complexity index is 1140. The minimum absolute atomic E-state index is 0.120. The normalized spacial score (nSPS) is 11.0. The third kappa shape index (κ3) is 6.77. The summed E-state index contributed by atoms with van der Waals surface area (Å²) in [5.74, 6) is -0.392.